The molecule has 7 amide bonds. The number of ether oxygens (including phenoxy) is 2. The normalized spacial score (nSPS) is 20.4. The average Bonchev–Trinajstić information content (AvgIpc) is 1.15. The average molecular weight is 1340 g/mol. The summed E-state index contributed by atoms with van der Waals surface area (Å²) in [5, 5.41) is 28.4. The van der Waals surface area contributed by atoms with Crippen molar-refractivity contribution in [3.63, 3.8) is 0 Å². The van der Waals surface area contributed by atoms with Gasteiger partial charge < -0.3 is 50.4 Å². The lowest BCUT2D eigenvalue weighted by Gasteiger charge is -2.43. The Labute approximate surface area is 578 Å². The Balaban J connectivity index is 0.898. The van der Waals surface area contributed by atoms with Crippen molar-refractivity contribution in [3.05, 3.63) is 177 Å². The number of likely N-dealkylation sites (N-methyl/N-ethyl adjacent to an activating group) is 2. The number of aliphatic hydroxyl groups excluding tert-OH is 1. The lowest BCUT2D eigenvalue weighted by molar-refractivity contribution is -0.144. The van der Waals surface area contributed by atoms with Gasteiger partial charge in [-0.15, -0.1) is 0 Å². The topological polar surface area (TPSA) is 248 Å². The molecular formula is C78H101N9O11. The Hall–Kier alpha value is -8.72. The minimum Gasteiger partial charge on any atom is -0.444 e. The van der Waals surface area contributed by atoms with Crippen LogP contribution in [0, 0.1) is 5.41 Å². The fourth-order valence-electron chi connectivity index (χ4n) is 13.4. The highest BCUT2D eigenvalue weighted by atomic mass is 16.6. The number of nitrogens with one attached hydrogen (secondary N) is 5. The van der Waals surface area contributed by atoms with E-state index in [1.165, 1.54) is 34.4 Å². The van der Waals surface area contributed by atoms with Gasteiger partial charge in [-0.05, 0) is 181 Å². The number of hydrogen-bond donors (Lipinski definition) is 6. The molecule has 98 heavy (non-hydrogen) atoms. The zero-order chi connectivity index (χ0) is 71.0. The highest BCUT2D eigenvalue weighted by molar-refractivity contribution is 5.97. The minimum atomic E-state index is -1.42. The molecule has 0 saturated carbocycles. The van der Waals surface area contributed by atoms with E-state index in [2.05, 4.69) is 44.8 Å². The van der Waals surface area contributed by atoms with E-state index in [1.54, 1.807) is 72.4 Å². The Kier molecular flexibility index (Phi) is 23.3. The smallest absolute Gasteiger partial charge is 0.410 e. The number of fused-ring (bicyclic) bond motifs is 3. The maximum Gasteiger partial charge on any atom is 0.410 e. The lowest BCUT2D eigenvalue weighted by atomic mass is 9.85. The van der Waals surface area contributed by atoms with E-state index in [4.69, 9.17) is 9.47 Å². The van der Waals surface area contributed by atoms with E-state index >= 15 is 9.59 Å². The van der Waals surface area contributed by atoms with E-state index in [-0.39, 0.29) is 56.4 Å². The third-order valence-corrected chi connectivity index (χ3v) is 19.4. The van der Waals surface area contributed by atoms with Crippen molar-refractivity contribution in [2.75, 3.05) is 27.2 Å². The molecule has 2 aliphatic carbocycles. The number of benzene rings is 5. The van der Waals surface area contributed by atoms with Gasteiger partial charge in [0.2, 0.25) is 23.6 Å². The van der Waals surface area contributed by atoms with E-state index < -0.39 is 94.5 Å². The van der Waals surface area contributed by atoms with Crippen LogP contribution in [0.4, 0.5) is 9.59 Å². The molecule has 10 atom stereocenters. The van der Waals surface area contributed by atoms with E-state index in [0.29, 0.717) is 18.3 Å². The number of aldehydes is 1. The van der Waals surface area contributed by atoms with Crippen molar-refractivity contribution in [1.82, 2.24) is 46.2 Å². The zero-order valence-corrected chi connectivity index (χ0v) is 59.3. The van der Waals surface area contributed by atoms with Crippen molar-refractivity contribution >= 4 is 60.2 Å². The monoisotopic (exact) mass is 1340 g/mol. The molecule has 524 valence electrons. The summed E-state index contributed by atoms with van der Waals surface area (Å²) in [6.45, 7) is 19.2. The summed E-state index contributed by atoms with van der Waals surface area (Å²) in [6, 6.07) is 33.4. The number of aryl methyl sites for hydroxylation is 2. The number of nitrogens with zero attached hydrogens (tertiary/aromatic N) is 4. The summed E-state index contributed by atoms with van der Waals surface area (Å²) in [5.74, 6) is -2.12. The summed E-state index contributed by atoms with van der Waals surface area (Å²) >= 11 is 0. The van der Waals surface area contributed by atoms with Crippen LogP contribution in [-0.2, 0) is 65.7 Å². The molecule has 20 nitrogen and oxygen atoms in total. The van der Waals surface area contributed by atoms with Crippen LogP contribution >= 0.6 is 0 Å². The Morgan fingerprint density at radius 1 is 0.653 bits per heavy atom. The van der Waals surface area contributed by atoms with Gasteiger partial charge in [0.05, 0.1) is 18.1 Å². The highest BCUT2D eigenvalue weighted by Gasteiger charge is 2.47. The molecule has 5 aromatic rings. The van der Waals surface area contributed by atoms with Gasteiger partial charge in [0.1, 0.15) is 47.4 Å². The van der Waals surface area contributed by atoms with Gasteiger partial charge in [0, 0.05) is 51.4 Å². The van der Waals surface area contributed by atoms with Gasteiger partial charge in [-0.1, -0.05) is 142 Å². The molecule has 0 radical (unpaired) electrons. The molecule has 9 rings (SSSR count). The van der Waals surface area contributed by atoms with Crippen LogP contribution in [0.15, 0.2) is 121 Å². The quantitative estimate of drug-likeness (QED) is 0.0228. The predicted octanol–water partition coefficient (Wildman–Crippen LogP) is 9.80. The van der Waals surface area contributed by atoms with Gasteiger partial charge in [-0.3, -0.25) is 39.1 Å². The summed E-state index contributed by atoms with van der Waals surface area (Å²) in [6.07, 6.45) is 8.03. The van der Waals surface area contributed by atoms with Crippen molar-refractivity contribution in [3.8, 4) is 0 Å². The first-order chi connectivity index (χ1) is 46.3. The van der Waals surface area contributed by atoms with Crippen LogP contribution in [0.25, 0.3) is 12.2 Å². The molecule has 0 aromatic heterocycles. The van der Waals surface area contributed by atoms with Crippen LogP contribution in [0.3, 0.4) is 0 Å². The second-order valence-electron chi connectivity index (χ2n) is 30.2. The number of hydrogen-bond acceptors (Lipinski definition) is 13. The van der Waals surface area contributed by atoms with Crippen molar-refractivity contribution in [2.24, 2.45) is 5.41 Å². The molecule has 2 heterocycles. The van der Waals surface area contributed by atoms with Gasteiger partial charge in [0.25, 0.3) is 5.91 Å². The van der Waals surface area contributed by atoms with E-state index in [0.717, 1.165) is 83.0 Å². The largest absolute Gasteiger partial charge is 0.444 e. The number of likely N-dealkylation sites (tertiary alicyclic amines) is 1. The first kappa shape index (κ1) is 73.5. The lowest BCUT2D eigenvalue weighted by Crippen LogP contribution is -2.62. The van der Waals surface area contributed by atoms with Gasteiger partial charge in [-0.2, -0.15) is 0 Å². The Bertz CT molecular complexity index is 3720. The van der Waals surface area contributed by atoms with Crippen molar-refractivity contribution in [1.29, 1.82) is 0 Å². The Morgan fingerprint density at radius 2 is 1.19 bits per heavy atom. The summed E-state index contributed by atoms with van der Waals surface area (Å²) in [5.41, 5.74) is 5.53. The standard InChI is InChI=1S/C78H101N9O11/c1-49(84(12)73(95)97-76(5,6)7)67(89)83-66(75(2,3)4)72(94)87-46-58(44-65(87)70(92)82-62-31-21-27-54-23-17-19-29-60(54)62)80-68(90)55-40-38-51(39-41-55)33-32-50-34-36-52(37-35-50)42-63(79-47-78(11,48-88)85(13)74(96)98-77(8,9)10)71(93)86-45-57-25-15-14-24-56(57)43-64(86)69(91)81-61-30-20-26-53-22-16-18-28-59(53)61/h14-19,22-25,28-29,32-41,48-49,58,61-66,69,79,81,91H,20-21,26-27,30-31,42-47H2,1-13H3,(H,80,90)(H,82,92)(H,83,89). The van der Waals surface area contributed by atoms with Crippen LogP contribution in [0.2, 0.25) is 0 Å². The fraction of sp³-hybridized carbons (Fsp3) is 0.487. The van der Waals surface area contributed by atoms with E-state index in [9.17, 15) is 33.9 Å². The Morgan fingerprint density at radius 3 is 1.78 bits per heavy atom. The van der Waals surface area contributed by atoms with Crippen LogP contribution in [0.5, 0.6) is 0 Å². The number of amides is 7. The fourth-order valence-corrected chi connectivity index (χ4v) is 13.4. The first-order valence-corrected chi connectivity index (χ1v) is 34.5. The number of carbonyl (C=O) groups excluding carboxylic acids is 8. The van der Waals surface area contributed by atoms with Crippen LogP contribution in [0.1, 0.15) is 181 Å². The molecule has 0 spiro atoms. The van der Waals surface area contributed by atoms with Gasteiger partial charge in [0.15, 0.2) is 0 Å². The molecule has 5 aromatic carbocycles. The van der Waals surface area contributed by atoms with Crippen molar-refractivity contribution in [2.45, 2.75) is 212 Å². The van der Waals surface area contributed by atoms with Crippen molar-refractivity contribution < 1.29 is 52.9 Å². The molecule has 1 fully saturated rings. The maximum atomic E-state index is 15.5. The molecule has 2 aliphatic heterocycles. The maximum absolute atomic E-state index is 15.5. The van der Waals surface area contributed by atoms with Crippen LogP contribution in [-0.4, -0.2) is 159 Å². The summed E-state index contributed by atoms with van der Waals surface area (Å²) < 4.78 is 11.2. The zero-order valence-electron chi connectivity index (χ0n) is 59.3. The molecule has 0 bridgehead atoms. The minimum absolute atomic E-state index is 0.00778. The molecule has 20 heteroatoms. The second kappa shape index (κ2) is 31.0. The van der Waals surface area contributed by atoms with Gasteiger partial charge in [-0.25, -0.2) is 9.59 Å². The first-order valence-electron chi connectivity index (χ1n) is 34.5. The SMILES string of the molecule is CC(C(=O)NC(C(=O)N1CC(NC(=O)c2ccc(C=Cc3ccc(CC(NCC(C)(C=O)N(C)C(=O)OC(C)(C)C)C(=O)N4Cc5ccccc5CC4C(O)NC4CCCc5ccccc54)cc3)cc2)CC1C(=O)NC1CCCc2ccccc21)C(C)(C)C)N(C)C(=O)OC(C)(C)C. The number of carbonyl (C=O) groups is 8. The molecule has 4 aliphatic rings. The summed E-state index contributed by atoms with van der Waals surface area (Å²) in [4.78, 5) is 118. The van der Waals surface area contributed by atoms with Crippen LogP contribution < -0.4 is 26.6 Å². The third-order valence-electron chi connectivity index (χ3n) is 19.4. The molecule has 1 saturated heterocycles. The summed E-state index contributed by atoms with van der Waals surface area (Å²) in [7, 11) is 2.96. The molecular weight excluding hydrogens is 1240 g/mol. The van der Waals surface area contributed by atoms with E-state index in [1.807, 2.05) is 124 Å². The predicted molar refractivity (Wildman–Crippen MR) is 378 cm³/mol. The highest BCUT2D eigenvalue weighted by Crippen LogP contribution is 2.35. The number of rotatable bonds is 21. The number of aliphatic hydroxyl groups is 1. The van der Waals surface area contributed by atoms with Gasteiger partial charge >= 0.3 is 12.2 Å². The third kappa shape index (κ3) is 18.3. The molecule has 10 unspecified atom stereocenters. The second-order valence-corrected chi connectivity index (χ2v) is 30.2. The molecule has 6 N–H and O–H groups in total.